The van der Waals surface area contributed by atoms with Gasteiger partial charge in [-0.25, -0.2) is 15.0 Å². The monoisotopic (exact) mass is 375 g/mol. The van der Waals surface area contributed by atoms with E-state index < -0.39 is 0 Å². The fraction of sp³-hybridized carbons (Fsp3) is 0.105. The van der Waals surface area contributed by atoms with Gasteiger partial charge < -0.3 is 15.2 Å². The van der Waals surface area contributed by atoms with E-state index in [0.717, 1.165) is 17.3 Å². The molecule has 0 atom stereocenters. The third-order valence-corrected chi connectivity index (χ3v) is 4.14. The van der Waals surface area contributed by atoms with Crippen molar-refractivity contribution in [3.63, 3.8) is 0 Å². The third-order valence-electron chi connectivity index (χ3n) is 4.14. The summed E-state index contributed by atoms with van der Waals surface area (Å²) in [5.74, 6) is 2.42. The molecule has 0 bridgehead atoms. The summed E-state index contributed by atoms with van der Waals surface area (Å²) in [6.07, 6.45) is 6.46. The zero-order valence-electron chi connectivity index (χ0n) is 15.2. The number of rotatable bonds is 5. The molecule has 0 saturated heterocycles. The van der Waals surface area contributed by atoms with Crippen LogP contribution in [0.4, 0.5) is 17.2 Å². The van der Waals surface area contributed by atoms with E-state index in [1.165, 1.54) is 12.5 Å². The summed E-state index contributed by atoms with van der Waals surface area (Å²) in [6.45, 7) is 3.60. The molecule has 9 nitrogen and oxygen atoms in total. The summed E-state index contributed by atoms with van der Waals surface area (Å²) in [6, 6.07) is 9.12. The highest BCUT2D eigenvalue weighted by atomic mass is 16.5. The van der Waals surface area contributed by atoms with E-state index in [2.05, 4.69) is 30.7 Å². The molecular formula is C19H17N7O2. The lowest BCUT2D eigenvalue weighted by Crippen LogP contribution is -2.12. The van der Waals surface area contributed by atoms with Gasteiger partial charge in [0.15, 0.2) is 0 Å². The Labute approximate surface area is 160 Å². The van der Waals surface area contributed by atoms with Crippen molar-refractivity contribution < 1.29 is 9.32 Å². The van der Waals surface area contributed by atoms with Gasteiger partial charge in [-0.1, -0.05) is 5.16 Å². The summed E-state index contributed by atoms with van der Waals surface area (Å²) in [4.78, 5) is 24.9. The van der Waals surface area contributed by atoms with Gasteiger partial charge in [0, 0.05) is 29.8 Å². The standard InChI is InChI=1S/C19H17N7O2/c1-12-16(10-23-28-12)19(27)25-15-5-3-14(4-6-15)24-17-9-18(22-11-21-17)26-8-7-20-13(26)2/h3-11H,1-2H3,(H,25,27)(H,21,22,24). The summed E-state index contributed by atoms with van der Waals surface area (Å²) < 4.78 is 6.79. The fourth-order valence-corrected chi connectivity index (χ4v) is 2.67. The second kappa shape index (κ2) is 7.31. The number of benzene rings is 1. The first-order valence-corrected chi connectivity index (χ1v) is 8.52. The maximum absolute atomic E-state index is 12.2. The smallest absolute Gasteiger partial charge is 0.260 e. The molecule has 1 amide bonds. The number of imidazole rings is 1. The van der Waals surface area contributed by atoms with Crippen LogP contribution in [0.1, 0.15) is 21.9 Å². The number of nitrogens with zero attached hydrogens (tertiary/aromatic N) is 5. The number of amides is 1. The number of aryl methyl sites for hydroxylation is 2. The Morgan fingerprint density at radius 3 is 2.54 bits per heavy atom. The Morgan fingerprint density at radius 1 is 1.07 bits per heavy atom. The zero-order chi connectivity index (χ0) is 19.5. The van der Waals surface area contributed by atoms with Crippen molar-refractivity contribution >= 4 is 23.1 Å². The van der Waals surface area contributed by atoms with Crippen molar-refractivity contribution in [3.8, 4) is 5.82 Å². The van der Waals surface area contributed by atoms with Crippen molar-refractivity contribution in [1.29, 1.82) is 0 Å². The first-order valence-electron chi connectivity index (χ1n) is 8.52. The molecule has 0 aliphatic heterocycles. The molecule has 3 heterocycles. The van der Waals surface area contributed by atoms with Gasteiger partial charge in [0.2, 0.25) is 0 Å². The Balaban J connectivity index is 1.46. The number of nitrogens with one attached hydrogen (secondary N) is 2. The topological polar surface area (TPSA) is 111 Å². The lowest BCUT2D eigenvalue weighted by molar-refractivity contribution is 0.102. The van der Waals surface area contributed by atoms with Crippen LogP contribution >= 0.6 is 0 Å². The molecule has 2 N–H and O–H groups in total. The van der Waals surface area contributed by atoms with E-state index in [-0.39, 0.29) is 5.91 Å². The van der Waals surface area contributed by atoms with Gasteiger partial charge >= 0.3 is 0 Å². The average Bonchev–Trinajstić information content (AvgIpc) is 3.31. The molecule has 9 heteroatoms. The van der Waals surface area contributed by atoms with E-state index in [1.807, 2.05) is 35.9 Å². The highest BCUT2D eigenvalue weighted by Crippen LogP contribution is 2.20. The zero-order valence-corrected chi connectivity index (χ0v) is 15.2. The number of hydrogen-bond acceptors (Lipinski definition) is 7. The minimum atomic E-state index is -0.268. The first-order chi connectivity index (χ1) is 13.6. The van der Waals surface area contributed by atoms with Crippen molar-refractivity contribution in [2.45, 2.75) is 13.8 Å². The summed E-state index contributed by atoms with van der Waals surface area (Å²) in [5, 5.41) is 9.64. The minimum absolute atomic E-state index is 0.268. The van der Waals surface area contributed by atoms with Gasteiger partial charge in [-0.2, -0.15) is 0 Å². The lowest BCUT2D eigenvalue weighted by atomic mass is 10.2. The minimum Gasteiger partial charge on any atom is -0.361 e. The van der Waals surface area contributed by atoms with Crippen molar-refractivity contribution in [1.82, 2.24) is 24.7 Å². The number of carbonyl (C=O) groups excluding carboxylic acids is 1. The van der Waals surface area contributed by atoms with E-state index in [9.17, 15) is 4.79 Å². The second-order valence-electron chi connectivity index (χ2n) is 6.06. The van der Waals surface area contributed by atoms with E-state index in [4.69, 9.17) is 4.52 Å². The summed E-state index contributed by atoms with van der Waals surface area (Å²) >= 11 is 0. The second-order valence-corrected chi connectivity index (χ2v) is 6.06. The quantitative estimate of drug-likeness (QED) is 0.551. The van der Waals surface area contributed by atoms with Crippen LogP contribution < -0.4 is 10.6 Å². The molecule has 140 valence electrons. The Bertz CT molecular complexity index is 1120. The predicted molar refractivity (Wildman–Crippen MR) is 103 cm³/mol. The SMILES string of the molecule is Cc1oncc1C(=O)Nc1ccc(Nc2cc(-n3ccnc3C)ncn2)cc1. The largest absolute Gasteiger partial charge is 0.361 e. The predicted octanol–water partition coefficient (Wildman–Crippen LogP) is 3.26. The molecular weight excluding hydrogens is 358 g/mol. The van der Waals surface area contributed by atoms with Gasteiger partial charge in [-0.05, 0) is 38.1 Å². The molecule has 0 spiro atoms. The summed E-state index contributed by atoms with van der Waals surface area (Å²) in [7, 11) is 0. The molecule has 1 aromatic carbocycles. The lowest BCUT2D eigenvalue weighted by Gasteiger charge is -2.09. The van der Waals surface area contributed by atoms with Crippen LogP contribution in [0.25, 0.3) is 5.82 Å². The Morgan fingerprint density at radius 2 is 1.86 bits per heavy atom. The van der Waals surface area contributed by atoms with Crippen LogP contribution in [0.3, 0.4) is 0 Å². The molecule has 0 aliphatic rings. The molecule has 28 heavy (non-hydrogen) atoms. The third kappa shape index (κ3) is 3.58. The molecule has 0 unspecified atom stereocenters. The molecule has 4 aromatic rings. The molecule has 4 rings (SSSR count). The van der Waals surface area contributed by atoms with Crippen LogP contribution in [-0.2, 0) is 0 Å². The van der Waals surface area contributed by atoms with E-state index in [1.54, 1.807) is 25.3 Å². The van der Waals surface area contributed by atoms with Gasteiger partial charge in [0.25, 0.3) is 5.91 Å². The van der Waals surface area contributed by atoms with Crippen molar-refractivity contribution in [3.05, 3.63) is 72.4 Å². The van der Waals surface area contributed by atoms with E-state index >= 15 is 0 Å². The van der Waals surface area contributed by atoms with Gasteiger partial charge in [0.1, 0.15) is 35.1 Å². The average molecular weight is 375 g/mol. The molecule has 0 radical (unpaired) electrons. The number of hydrogen-bond donors (Lipinski definition) is 2. The molecule has 3 aromatic heterocycles. The fourth-order valence-electron chi connectivity index (χ4n) is 2.67. The number of aromatic nitrogens is 5. The summed E-state index contributed by atoms with van der Waals surface area (Å²) in [5.41, 5.74) is 1.89. The molecule has 0 saturated carbocycles. The molecule has 0 aliphatic carbocycles. The van der Waals surface area contributed by atoms with Crippen molar-refractivity contribution in [2.24, 2.45) is 0 Å². The van der Waals surface area contributed by atoms with Crippen LogP contribution in [0.2, 0.25) is 0 Å². The maximum atomic E-state index is 12.2. The Kier molecular flexibility index (Phi) is 4.55. The van der Waals surface area contributed by atoms with Crippen LogP contribution in [0, 0.1) is 13.8 Å². The van der Waals surface area contributed by atoms with Gasteiger partial charge in [-0.15, -0.1) is 0 Å². The van der Waals surface area contributed by atoms with Crippen LogP contribution in [-0.4, -0.2) is 30.6 Å². The Hall–Kier alpha value is -4.01. The first kappa shape index (κ1) is 17.4. The highest BCUT2D eigenvalue weighted by molar-refractivity contribution is 6.04. The van der Waals surface area contributed by atoms with Crippen LogP contribution in [0.15, 0.2) is 59.8 Å². The van der Waals surface area contributed by atoms with Gasteiger partial charge in [-0.3, -0.25) is 9.36 Å². The maximum Gasteiger partial charge on any atom is 0.260 e. The number of carbonyl (C=O) groups is 1. The van der Waals surface area contributed by atoms with E-state index in [0.29, 0.717) is 22.8 Å². The van der Waals surface area contributed by atoms with Gasteiger partial charge in [0.05, 0.1) is 6.20 Å². The highest BCUT2D eigenvalue weighted by Gasteiger charge is 2.13. The van der Waals surface area contributed by atoms with Crippen molar-refractivity contribution in [2.75, 3.05) is 10.6 Å². The van der Waals surface area contributed by atoms with Crippen LogP contribution in [0.5, 0.6) is 0 Å². The number of anilines is 3. The normalized spacial score (nSPS) is 10.6. The molecule has 0 fully saturated rings.